The number of ether oxygens (including phenoxy) is 2. The zero-order valence-electron chi connectivity index (χ0n) is 22.8. The van der Waals surface area contributed by atoms with Crippen LogP contribution in [0, 0.1) is 0 Å². The standard InChI is InChI=1S/C16H29NO5.C10H17NO5.3Na.3H/c1-2-3-4-5-6-7-8-9-10-11-15(20)22-16(21)13(17)12-14(18)19;1-2-3-4-5-9(14)16-10(15)7(11)6-8(12)13;;;;;;/h13H,2-12,17H2,1H3,(H,18,19);7H,2-6,11H2,1H3,(H,12,13);;;;;;/t13-;7-;;;;;;/m00....../s1. The van der Waals surface area contributed by atoms with Gasteiger partial charge in [-0.1, -0.05) is 78.1 Å². The number of esters is 4. The van der Waals surface area contributed by atoms with Crippen molar-refractivity contribution in [3.63, 3.8) is 0 Å². The molecule has 0 aromatic carbocycles. The molecule has 41 heavy (non-hydrogen) atoms. The number of carboxylic acids is 2. The summed E-state index contributed by atoms with van der Waals surface area (Å²) in [5.41, 5.74) is 10.5. The summed E-state index contributed by atoms with van der Waals surface area (Å²) in [6, 6.07) is -2.57. The fourth-order valence-electron chi connectivity index (χ4n) is 3.12. The van der Waals surface area contributed by atoms with Crippen molar-refractivity contribution in [2.24, 2.45) is 11.5 Å². The average Bonchev–Trinajstić information content (AvgIpc) is 2.82. The number of nitrogens with two attached hydrogens (primary N) is 2. The zero-order chi connectivity index (χ0) is 29.3. The van der Waals surface area contributed by atoms with Crippen molar-refractivity contribution < 1.29 is 48.5 Å². The molecule has 0 unspecified atom stereocenters. The molecule has 0 amide bonds. The molecule has 0 saturated heterocycles. The number of carboxylic acid groups (broad SMARTS) is 2. The van der Waals surface area contributed by atoms with Crippen LogP contribution >= 0.6 is 0 Å². The second kappa shape index (κ2) is 34.6. The van der Waals surface area contributed by atoms with Crippen LogP contribution in [-0.2, 0) is 38.2 Å². The molecule has 0 bridgehead atoms. The Kier molecular flexibility index (Phi) is 42.9. The molecular formula is C26H49N2Na3O10. The molecule has 0 fully saturated rings. The summed E-state index contributed by atoms with van der Waals surface area (Å²) in [4.78, 5) is 65.5. The summed E-state index contributed by atoms with van der Waals surface area (Å²) in [6.45, 7) is 4.18. The van der Waals surface area contributed by atoms with E-state index in [1.165, 1.54) is 38.5 Å². The number of carbonyl (C=O) groups is 6. The van der Waals surface area contributed by atoms with Gasteiger partial charge in [0.15, 0.2) is 0 Å². The van der Waals surface area contributed by atoms with Crippen LogP contribution in [0.3, 0.4) is 0 Å². The Bertz CT molecular complexity index is 742. The normalized spacial score (nSPS) is 11.0. The van der Waals surface area contributed by atoms with Gasteiger partial charge in [0, 0.05) is 12.8 Å². The van der Waals surface area contributed by atoms with E-state index in [1.54, 1.807) is 0 Å². The first kappa shape index (κ1) is 50.8. The molecule has 0 heterocycles. The fraction of sp³-hybridized carbons (Fsp3) is 0.769. The summed E-state index contributed by atoms with van der Waals surface area (Å²) in [5.74, 6) is -5.64. The van der Waals surface area contributed by atoms with Gasteiger partial charge in [0.05, 0.1) is 12.8 Å². The van der Waals surface area contributed by atoms with Gasteiger partial charge in [-0.2, -0.15) is 0 Å². The number of hydrogen-bond acceptors (Lipinski definition) is 10. The van der Waals surface area contributed by atoms with Gasteiger partial charge in [-0.3, -0.25) is 19.2 Å². The molecule has 15 heteroatoms. The molecule has 0 aliphatic carbocycles. The molecule has 0 spiro atoms. The summed E-state index contributed by atoms with van der Waals surface area (Å²) < 4.78 is 8.91. The first-order chi connectivity index (χ1) is 17.9. The Morgan fingerprint density at radius 2 is 0.805 bits per heavy atom. The number of rotatable bonds is 20. The minimum atomic E-state index is -1.29. The third-order valence-electron chi connectivity index (χ3n) is 5.29. The van der Waals surface area contributed by atoms with Crippen LogP contribution in [0.4, 0.5) is 0 Å². The summed E-state index contributed by atoms with van der Waals surface area (Å²) in [5, 5.41) is 16.9. The van der Waals surface area contributed by atoms with Gasteiger partial charge < -0.3 is 31.2 Å². The van der Waals surface area contributed by atoms with Gasteiger partial charge in [0.25, 0.3) is 0 Å². The number of unbranched alkanes of at least 4 members (excludes halogenated alkanes) is 10. The number of carbonyl (C=O) groups excluding carboxylic acids is 4. The second-order valence-corrected chi connectivity index (χ2v) is 9.03. The van der Waals surface area contributed by atoms with E-state index >= 15 is 0 Å². The summed E-state index contributed by atoms with van der Waals surface area (Å²) in [6.07, 6.45) is 11.9. The Balaban J connectivity index is -0.000000205. The van der Waals surface area contributed by atoms with E-state index in [2.05, 4.69) is 16.4 Å². The minimum absolute atomic E-state index is 0. The van der Waals surface area contributed by atoms with Gasteiger partial charge in [-0.15, -0.1) is 0 Å². The van der Waals surface area contributed by atoms with E-state index in [0.29, 0.717) is 12.8 Å². The molecule has 0 aliphatic rings. The van der Waals surface area contributed by atoms with Crippen LogP contribution in [0.15, 0.2) is 0 Å². The molecule has 6 N–H and O–H groups in total. The molecule has 0 aromatic heterocycles. The molecule has 226 valence electrons. The molecule has 2 atom stereocenters. The van der Waals surface area contributed by atoms with E-state index in [1.807, 2.05) is 6.92 Å². The predicted octanol–water partition coefficient (Wildman–Crippen LogP) is 1.27. The molecule has 0 aromatic rings. The monoisotopic (exact) mass is 618 g/mol. The first-order valence-corrected chi connectivity index (χ1v) is 13.4. The van der Waals surface area contributed by atoms with Crippen molar-refractivity contribution in [2.75, 3.05) is 0 Å². The van der Waals surface area contributed by atoms with Crippen LogP contribution in [0.2, 0.25) is 0 Å². The number of hydrogen-bond donors (Lipinski definition) is 4. The molecular weight excluding hydrogens is 569 g/mol. The van der Waals surface area contributed by atoms with Crippen LogP contribution in [0.25, 0.3) is 0 Å². The van der Waals surface area contributed by atoms with Crippen LogP contribution in [0.1, 0.15) is 117 Å². The Morgan fingerprint density at radius 3 is 1.12 bits per heavy atom. The van der Waals surface area contributed by atoms with Crippen LogP contribution in [-0.4, -0.2) is 147 Å². The zero-order valence-corrected chi connectivity index (χ0v) is 22.8. The second-order valence-electron chi connectivity index (χ2n) is 9.03. The van der Waals surface area contributed by atoms with Gasteiger partial charge in [0.1, 0.15) is 12.1 Å². The van der Waals surface area contributed by atoms with Crippen molar-refractivity contribution in [1.29, 1.82) is 0 Å². The van der Waals surface area contributed by atoms with Gasteiger partial charge in [0.2, 0.25) is 0 Å². The fourth-order valence-corrected chi connectivity index (χ4v) is 3.12. The van der Waals surface area contributed by atoms with E-state index < -0.39 is 60.7 Å². The Labute approximate surface area is 310 Å². The van der Waals surface area contributed by atoms with Gasteiger partial charge >= 0.3 is 124 Å². The van der Waals surface area contributed by atoms with E-state index in [0.717, 1.165) is 25.7 Å². The molecule has 0 radical (unpaired) electrons. The Morgan fingerprint density at radius 1 is 0.537 bits per heavy atom. The molecule has 0 saturated carbocycles. The number of aliphatic carboxylic acids is 2. The van der Waals surface area contributed by atoms with Crippen LogP contribution in [0.5, 0.6) is 0 Å². The average molecular weight is 619 g/mol. The molecule has 0 aliphatic heterocycles. The van der Waals surface area contributed by atoms with Crippen molar-refractivity contribution in [1.82, 2.24) is 0 Å². The maximum atomic E-state index is 11.4. The van der Waals surface area contributed by atoms with E-state index in [4.69, 9.17) is 21.7 Å². The molecule has 12 nitrogen and oxygen atoms in total. The maximum absolute atomic E-state index is 11.4. The SMILES string of the molecule is CCCCCC(=O)OC(=O)[C@@H](N)CC(=O)O.CCCCCCCCCCCC(=O)OC(=O)[C@@H](N)CC(=O)O.[NaH].[NaH].[NaH]. The van der Waals surface area contributed by atoms with Crippen molar-refractivity contribution in [3.8, 4) is 0 Å². The van der Waals surface area contributed by atoms with E-state index in [-0.39, 0.29) is 102 Å². The Hall–Kier alpha value is 0.140. The van der Waals surface area contributed by atoms with Gasteiger partial charge in [-0.05, 0) is 12.8 Å². The topological polar surface area (TPSA) is 213 Å². The van der Waals surface area contributed by atoms with Gasteiger partial charge in [-0.25, -0.2) is 9.59 Å². The first-order valence-electron chi connectivity index (χ1n) is 13.4. The summed E-state index contributed by atoms with van der Waals surface area (Å²) in [7, 11) is 0. The van der Waals surface area contributed by atoms with Crippen LogP contribution < -0.4 is 11.5 Å². The predicted molar refractivity (Wildman–Crippen MR) is 160 cm³/mol. The quantitative estimate of drug-likeness (QED) is 0.0657. The van der Waals surface area contributed by atoms with Crippen molar-refractivity contribution in [2.45, 2.75) is 129 Å². The third-order valence-corrected chi connectivity index (χ3v) is 5.29. The summed E-state index contributed by atoms with van der Waals surface area (Å²) >= 11 is 0. The van der Waals surface area contributed by atoms with Crippen molar-refractivity contribution in [3.05, 3.63) is 0 Å². The van der Waals surface area contributed by atoms with Crippen molar-refractivity contribution >= 4 is 124 Å². The van der Waals surface area contributed by atoms with E-state index in [9.17, 15) is 28.8 Å². The third kappa shape index (κ3) is 36.2. The molecule has 0 rings (SSSR count).